The second kappa shape index (κ2) is 11.0. The normalized spacial score (nSPS) is 18.3. The number of alkyl halides is 3. The molecule has 3 aromatic carbocycles. The molecule has 192 valence electrons. The summed E-state index contributed by atoms with van der Waals surface area (Å²) in [7, 11) is 0. The number of halogens is 5. The lowest BCUT2D eigenvalue weighted by molar-refractivity contribution is -0.137. The molecule has 1 aliphatic carbocycles. The minimum atomic E-state index is -4.49. The summed E-state index contributed by atoms with van der Waals surface area (Å²) < 4.78 is 73.1. The maximum absolute atomic E-state index is 14.6. The van der Waals surface area contributed by atoms with Gasteiger partial charge in [0.2, 0.25) is 5.82 Å². The summed E-state index contributed by atoms with van der Waals surface area (Å²) in [6.07, 6.45) is 4.17. The first kappa shape index (κ1) is 26.2. The van der Waals surface area contributed by atoms with Gasteiger partial charge in [0.25, 0.3) is 0 Å². The van der Waals surface area contributed by atoms with Crippen molar-refractivity contribution >= 4 is 0 Å². The molecular weight excluding hydrogens is 471 g/mol. The first-order valence-electron chi connectivity index (χ1n) is 12.6. The van der Waals surface area contributed by atoms with Gasteiger partial charge in [-0.15, -0.1) is 0 Å². The van der Waals surface area contributed by atoms with E-state index in [1.807, 2.05) is 24.3 Å². The molecule has 1 saturated carbocycles. The first-order valence-corrected chi connectivity index (χ1v) is 12.6. The Kier molecular flexibility index (Phi) is 8.01. The molecule has 0 aromatic heterocycles. The highest BCUT2D eigenvalue weighted by molar-refractivity contribution is 5.70. The van der Waals surface area contributed by atoms with Gasteiger partial charge in [-0.1, -0.05) is 63.3 Å². The molecule has 4 rings (SSSR count). The SMILES string of the molecule is CC[C@H]1CC[C@H](CCc2ccc(-c3cc(F)c(F)c(Oc4ccc(C(F)(F)F)cc4)c3C)cc2)CC1. The van der Waals surface area contributed by atoms with Crippen LogP contribution in [0.25, 0.3) is 11.1 Å². The average molecular weight is 503 g/mol. The standard InChI is InChI=1S/C30H31F5O/c1-3-20-4-6-21(7-5-20)8-9-22-10-12-23(13-11-22)26-18-27(31)28(32)29(19(26)2)36-25-16-14-24(15-17-25)30(33,34)35/h10-18,20-21H,3-9H2,1-2H3/t20-,21-. The van der Waals surface area contributed by atoms with Gasteiger partial charge in [-0.3, -0.25) is 0 Å². The van der Waals surface area contributed by atoms with Crippen molar-refractivity contribution in [2.24, 2.45) is 11.8 Å². The third kappa shape index (κ3) is 6.08. The van der Waals surface area contributed by atoms with E-state index in [1.165, 1.54) is 37.7 Å². The quantitative estimate of drug-likeness (QED) is 0.292. The van der Waals surface area contributed by atoms with Gasteiger partial charge in [0.15, 0.2) is 11.6 Å². The Bertz CT molecular complexity index is 1160. The summed E-state index contributed by atoms with van der Waals surface area (Å²) in [5, 5.41) is 0. The predicted octanol–water partition coefficient (Wildman–Crippen LogP) is 9.90. The Morgan fingerprint density at radius 3 is 2.06 bits per heavy atom. The second-order valence-corrected chi connectivity index (χ2v) is 9.83. The number of benzene rings is 3. The topological polar surface area (TPSA) is 9.23 Å². The Balaban J connectivity index is 1.48. The van der Waals surface area contributed by atoms with Gasteiger partial charge in [-0.25, -0.2) is 4.39 Å². The van der Waals surface area contributed by atoms with E-state index < -0.39 is 23.4 Å². The molecule has 6 heteroatoms. The predicted molar refractivity (Wildman–Crippen MR) is 132 cm³/mol. The van der Waals surface area contributed by atoms with Crippen LogP contribution >= 0.6 is 0 Å². The summed E-state index contributed by atoms with van der Waals surface area (Å²) in [5.74, 6) is -0.949. The van der Waals surface area contributed by atoms with E-state index in [2.05, 4.69) is 6.92 Å². The van der Waals surface area contributed by atoms with Crippen LogP contribution in [0, 0.1) is 30.4 Å². The molecule has 0 spiro atoms. The van der Waals surface area contributed by atoms with Gasteiger partial charge in [-0.2, -0.15) is 17.6 Å². The fraction of sp³-hybridized carbons (Fsp3) is 0.400. The molecular formula is C30H31F5O. The molecule has 0 N–H and O–H groups in total. The van der Waals surface area contributed by atoms with E-state index >= 15 is 0 Å². The Morgan fingerprint density at radius 1 is 0.861 bits per heavy atom. The van der Waals surface area contributed by atoms with Crippen molar-refractivity contribution < 1.29 is 26.7 Å². The van der Waals surface area contributed by atoms with Crippen molar-refractivity contribution in [3.63, 3.8) is 0 Å². The van der Waals surface area contributed by atoms with Crippen LogP contribution in [0.5, 0.6) is 11.5 Å². The zero-order valence-corrected chi connectivity index (χ0v) is 20.6. The number of aryl methyl sites for hydroxylation is 1. The highest BCUT2D eigenvalue weighted by Gasteiger charge is 2.30. The monoisotopic (exact) mass is 502 g/mol. The Morgan fingerprint density at radius 2 is 1.47 bits per heavy atom. The molecule has 36 heavy (non-hydrogen) atoms. The molecule has 0 atom stereocenters. The second-order valence-electron chi connectivity index (χ2n) is 9.83. The van der Waals surface area contributed by atoms with Gasteiger partial charge in [-0.05, 0) is 78.6 Å². The van der Waals surface area contributed by atoms with Gasteiger partial charge in [0.1, 0.15) is 5.75 Å². The van der Waals surface area contributed by atoms with Crippen LogP contribution in [0.15, 0.2) is 54.6 Å². The molecule has 0 aliphatic heterocycles. The summed E-state index contributed by atoms with van der Waals surface area (Å²) >= 11 is 0. The molecule has 0 radical (unpaired) electrons. The van der Waals surface area contributed by atoms with Crippen LogP contribution in [0.4, 0.5) is 22.0 Å². The van der Waals surface area contributed by atoms with Crippen LogP contribution < -0.4 is 4.74 Å². The van der Waals surface area contributed by atoms with Crippen LogP contribution in [0.2, 0.25) is 0 Å². The zero-order valence-electron chi connectivity index (χ0n) is 20.6. The van der Waals surface area contributed by atoms with Crippen LogP contribution in [0.1, 0.15) is 62.1 Å². The Labute approximate surface area is 209 Å². The van der Waals surface area contributed by atoms with Gasteiger partial charge >= 0.3 is 6.18 Å². The molecule has 1 nitrogen and oxygen atoms in total. The summed E-state index contributed by atoms with van der Waals surface area (Å²) in [5.41, 5.74) is 1.92. The summed E-state index contributed by atoms with van der Waals surface area (Å²) in [4.78, 5) is 0. The van der Waals surface area contributed by atoms with Crippen LogP contribution in [-0.4, -0.2) is 0 Å². The van der Waals surface area contributed by atoms with E-state index in [0.717, 1.165) is 60.6 Å². The molecule has 0 heterocycles. The third-order valence-electron chi connectivity index (χ3n) is 7.48. The maximum Gasteiger partial charge on any atom is 0.416 e. The third-order valence-corrected chi connectivity index (χ3v) is 7.48. The van der Waals surface area contributed by atoms with Crippen LogP contribution in [0.3, 0.4) is 0 Å². The molecule has 0 saturated heterocycles. The molecule has 0 amide bonds. The maximum atomic E-state index is 14.6. The smallest absolute Gasteiger partial charge is 0.416 e. The number of ether oxygens (including phenoxy) is 1. The van der Waals surface area contributed by atoms with Crippen molar-refractivity contribution in [3.8, 4) is 22.6 Å². The summed E-state index contributed by atoms with van der Waals surface area (Å²) in [6, 6.07) is 12.8. The minimum absolute atomic E-state index is 0.00938. The van der Waals surface area contributed by atoms with Crippen molar-refractivity contribution in [1.29, 1.82) is 0 Å². The van der Waals surface area contributed by atoms with Crippen molar-refractivity contribution in [3.05, 3.63) is 82.9 Å². The van der Waals surface area contributed by atoms with Gasteiger partial charge < -0.3 is 4.74 Å². The summed E-state index contributed by atoms with van der Waals surface area (Å²) in [6.45, 7) is 3.88. The van der Waals surface area contributed by atoms with E-state index in [9.17, 15) is 22.0 Å². The van der Waals surface area contributed by atoms with E-state index in [-0.39, 0.29) is 11.5 Å². The highest BCUT2D eigenvalue weighted by atomic mass is 19.4. The Hall–Kier alpha value is -2.89. The number of rotatable bonds is 7. The van der Waals surface area contributed by atoms with E-state index in [1.54, 1.807) is 6.92 Å². The number of hydrogen-bond acceptors (Lipinski definition) is 1. The van der Waals surface area contributed by atoms with Crippen molar-refractivity contribution in [2.45, 2.75) is 65.0 Å². The molecule has 1 fully saturated rings. The first-order chi connectivity index (χ1) is 17.2. The molecule has 1 aliphatic rings. The molecule has 3 aromatic rings. The fourth-order valence-corrected chi connectivity index (χ4v) is 5.09. The van der Waals surface area contributed by atoms with Crippen molar-refractivity contribution in [2.75, 3.05) is 0 Å². The lowest BCUT2D eigenvalue weighted by Gasteiger charge is -2.27. The zero-order chi connectivity index (χ0) is 25.9. The van der Waals surface area contributed by atoms with Gasteiger partial charge in [0.05, 0.1) is 5.56 Å². The molecule has 0 bridgehead atoms. The fourth-order valence-electron chi connectivity index (χ4n) is 5.09. The lowest BCUT2D eigenvalue weighted by atomic mass is 9.78. The molecule has 0 unspecified atom stereocenters. The number of hydrogen-bond donors (Lipinski definition) is 0. The van der Waals surface area contributed by atoms with Gasteiger partial charge in [0, 0.05) is 5.56 Å². The van der Waals surface area contributed by atoms with Crippen LogP contribution in [-0.2, 0) is 12.6 Å². The largest absolute Gasteiger partial charge is 0.454 e. The van der Waals surface area contributed by atoms with E-state index in [0.29, 0.717) is 11.1 Å². The van der Waals surface area contributed by atoms with Crippen molar-refractivity contribution in [1.82, 2.24) is 0 Å². The van der Waals surface area contributed by atoms with E-state index in [4.69, 9.17) is 4.74 Å². The lowest BCUT2D eigenvalue weighted by Crippen LogP contribution is -2.14. The minimum Gasteiger partial charge on any atom is -0.454 e. The average Bonchev–Trinajstić information content (AvgIpc) is 2.88. The highest BCUT2D eigenvalue weighted by Crippen LogP contribution is 2.38.